The second-order valence-corrected chi connectivity index (χ2v) is 7.35. The highest BCUT2D eigenvalue weighted by atomic mass is 35.5. The molecule has 1 aliphatic rings. The Labute approximate surface area is 120 Å². The molecular formula is C14H20ClNO2S. The number of halogens is 1. The van der Waals surface area contributed by atoms with E-state index in [2.05, 4.69) is 0 Å². The van der Waals surface area contributed by atoms with Crippen LogP contribution in [0, 0.1) is 0 Å². The van der Waals surface area contributed by atoms with Crippen LogP contribution in [-0.4, -0.2) is 25.3 Å². The highest BCUT2D eigenvalue weighted by molar-refractivity contribution is 7.88. The average Bonchev–Trinajstić information content (AvgIpc) is 2.38. The van der Waals surface area contributed by atoms with E-state index in [1.165, 1.54) is 0 Å². The van der Waals surface area contributed by atoms with Gasteiger partial charge in [0.2, 0.25) is 10.0 Å². The molecule has 1 heterocycles. The van der Waals surface area contributed by atoms with Crippen molar-refractivity contribution in [3.63, 3.8) is 0 Å². The summed E-state index contributed by atoms with van der Waals surface area (Å²) >= 11 is 5.78. The lowest BCUT2D eigenvalue weighted by molar-refractivity contribution is 0.268. The second-order valence-electron chi connectivity index (χ2n) is 5.17. The molecule has 2 rings (SSSR count). The third-order valence-electron chi connectivity index (χ3n) is 3.59. The quantitative estimate of drug-likeness (QED) is 0.801. The fourth-order valence-electron chi connectivity index (χ4n) is 2.58. The summed E-state index contributed by atoms with van der Waals surface area (Å²) in [6.45, 7) is 2.64. The smallest absolute Gasteiger partial charge is 0.212 e. The average molecular weight is 302 g/mol. The topological polar surface area (TPSA) is 37.4 Å². The fraction of sp³-hybridized carbons (Fsp3) is 0.571. The lowest BCUT2D eigenvalue weighted by atomic mass is 10.1. The maximum absolute atomic E-state index is 12.5. The molecule has 1 aromatic rings. The van der Waals surface area contributed by atoms with Crippen LogP contribution in [-0.2, 0) is 21.7 Å². The Bertz CT molecular complexity index is 530. The van der Waals surface area contributed by atoms with Crippen LogP contribution in [0.5, 0.6) is 0 Å². The molecule has 0 saturated carbocycles. The lowest BCUT2D eigenvalue weighted by Gasteiger charge is -2.32. The standard InChI is InChI=1S/C14H20ClNO2S/c1-12-5-2-3-8-16(12)19(17,18)11-14-7-4-6-13(9-14)10-15/h4,6-7,9,12H,2-3,5,8,10-11H2,1H3. The van der Waals surface area contributed by atoms with E-state index in [1.54, 1.807) is 4.31 Å². The molecule has 3 nitrogen and oxygen atoms in total. The van der Waals surface area contributed by atoms with Crippen LogP contribution in [0.3, 0.4) is 0 Å². The van der Waals surface area contributed by atoms with Crippen molar-refractivity contribution in [3.05, 3.63) is 35.4 Å². The van der Waals surface area contributed by atoms with Crippen molar-refractivity contribution in [3.8, 4) is 0 Å². The van der Waals surface area contributed by atoms with Gasteiger partial charge in [-0.05, 0) is 30.9 Å². The Morgan fingerprint density at radius 3 is 2.74 bits per heavy atom. The van der Waals surface area contributed by atoms with Gasteiger partial charge in [-0.2, -0.15) is 4.31 Å². The monoisotopic (exact) mass is 301 g/mol. The third kappa shape index (κ3) is 3.71. The van der Waals surface area contributed by atoms with E-state index in [0.29, 0.717) is 12.4 Å². The highest BCUT2D eigenvalue weighted by Crippen LogP contribution is 2.22. The molecule has 0 radical (unpaired) electrons. The molecule has 1 fully saturated rings. The Morgan fingerprint density at radius 2 is 2.05 bits per heavy atom. The van der Waals surface area contributed by atoms with E-state index in [1.807, 2.05) is 31.2 Å². The summed E-state index contributed by atoms with van der Waals surface area (Å²) in [6.07, 6.45) is 3.04. The first kappa shape index (κ1) is 14.8. The molecule has 106 valence electrons. The SMILES string of the molecule is CC1CCCCN1S(=O)(=O)Cc1cccc(CCl)c1. The van der Waals surface area contributed by atoms with E-state index in [4.69, 9.17) is 11.6 Å². The van der Waals surface area contributed by atoms with Crippen molar-refractivity contribution in [2.24, 2.45) is 0 Å². The van der Waals surface area contributed by atoms with E-state index in [9.17, 15) is 8.42 Å². The molecule has 1 atom stereocenters. The molecule has 5 heteroatoms. The van der Waals surface area contributed by atoms with Crippen molar-refractivity contribution in [1.82, 2.24) is 4.31 Å². The molecule has 1 aliphatic heterocycles. The van der Waals surface area contributed by atoms with Crippen molar-refractivity contribution >= 4 is 21.6 Å². The minimum Gasteiger partial charge on any atom is -0.212 e. The Kier molecular flexibility index (Phi) is 4.87. The fourth-order valence-corrected chi connectivity index (χ4v) is 4.57. The first-order valence-corrected chi connectivity index (χ1v) is 8.80. The molecule has 0 bridgehead atoms. The van der Waals surface area contributed by atoms with Crippen LogP contribution in [0.15, 0.2) is 24.3 Å². The predicted octanol–water partition coefficient (Wildman–Crippen LogP) is 3.13. The third-order valence-corrected chi connectivity index (χ3v) is 5.86. The van der Waals surface area contributed by atoms with Gasteiger partial charge in [-0.15, -0.1) is 11.6 Å². The van der Waals surface area contributed by atoms with Gasteiger partial charge >= 0.3 is 0 Å². The molecule has 19 heavy (non-hydrogen) atoms. The zero-order chi connectivity index (χ0) is 13.9. The summed E-state index contributed by atoms with van der Waals surface area (Å²) < 4.78 is 26.6. The first-order valence-electron chi connectivity index (χ1n) is 6.66. The van der Waals surface area contributed by atoms with Crippen molar-refractivity contribution in [1.29, 1.82) is 0 Å². The molecule has 1 saturated heterocycles. The van der Waals surface area contributed by atoms with Gasteiger partial charge in [0.25, 0.3) is 0 Å². The summed E-state index contributed by atoms with van der Waals surface area (Å²) in [6, 6.07) is 7.62. The second kappa shape index (κ2) is 6.25. The highest BCUT2D eigenvalue weighted by Gasteiger charge is 2.29. The zero-order valence-electron chi connectivity index (χ0n) is 11.2. The summed E-state index contributed by atoms with van der Waals surface area (Å²) in [5.41, 5.74) is 1.77. The Morgan fingerprint density at radius 1 is 1.32 bits per heavy atom. The predicted molar refractivity (Wildman–Crippen MR) is 78.6 cm³/mol. The van der Waals surface area contributed by atoms with E-state index in [-0.39, 0.29) is 11.8 Å². The maximum atomic E-state index is 12.5. The van der Waals surface area contributed by atoms with E-state index < -0.39 is 10.0 Å². The number of sulfonamides is 1. The van der Waals surface area contributed by atoms with Crippen LogP contribution < -0.4 is 0 Å². The van der Waals surface area contributed by atoms with Crippen LogP contribution in [0.2, 0.25) is 0 Å². The van der Waals surface area contributed by atoms with E-state index >= 15 is 0 Å². The largest absolute Gasteiger partial charge is 0.218 e. The number of benzene rings is 1. The van der Waals surface area contributed by atoms with Crippen LogP contribution in [0.1, 0.15) is 37.3 Å². The summed E-state index contributed by atoms with van der Waals surface area (Å²) in [5.74, 6) is 0.482. The zero-order valence-corrected chi connectivity index (χ0v) is 12.8. The Balaban J connectivity index is 2.15. The van der Waals surface area contributed by atoms with Gasteiger partial charge in [0.15, 0.2) is 0 Å². The van der Waals surface area contributed by atoms with Gasteiger partial charge in [-0.1, -0.05) is 30.7 Å². The number of hydrogen-bond donors (Lipinski definition) is 0. The van der Waals surface area contributed by atoms with Gasteiger partial charge in [-0.3, -0.25) is 0 Å². The summed E-state index contributed by atoms with van der Waals surface area (Å²) in [4.78, 5) is 0. The normalized spacial score (nSPS) is 21.5. The van der Waals surface area contributed by atoms with Crippen LogP contribution in [0.4, 0.5) is 0 Å². The minimum atomic E-state index is -3.22. The first-order chi connectivity index (χ1) is 9.03. The van der Waals surface area contributed by atoms with Gasteiger partial charge in [0.1, 0.15) is 0 Å². The molecule has 0 amide bonds. The molecule has 1 unspecified atom stereocenters. The lowest BCUT2D eigenvalue weighted by Crippen LogP contribution is -2.42. The molecule has 1 aromatic carbocycles. The maximum Gasteiger partial charge on any atom is 0.218 e. The Hall–Kier alpha value is -0.580. The number of rotatable bonds is 4. The van der Waals surface area contributed by atoms with Crippen LogP contribution >= 0.6 is 11.6 Å². The summed E-state index contributed by atoms with van der Waals surface area (Å²) in [5, 5.41) is 0. The van der Waals surface area contributed by atoms with Crippen molar-refractivity contribution < 1.29 is 8.42 Å². The molecule has 0 N–H and O–H groups in total. The van der Waals surface area contributed by atoms with Crippen LogP contribution in [0.25, 0.3) is 0 Å². The van der Waals surface area contributed by atoms with Gasteiger partial charge in [0.05, 0.1) is 5.75 Å². The van der Waals surface area contributed by atoms with Crippen molar-refractivity contribution in [2.45, 2.75) is 43.9 Å². The number of piperidine rings is 1. The molecule has 0 spiro atoms. The molecule has 0 aromatic heterocycles. The summed E-state index contributed by atoms with van der Waals surface area (Å²) in [7, 11) is -3.22. The molecular weight excluding hydrogens is 282 g/mol. The van der Waals surface area contributed by atoms with E-state index in [0.717, 1.165) is 30.4 Å². The molecule has 0 aliphatic carbocycles. The number of hydrogen-bond acceptors (Lipinski definition) is 2. The van der Waals surface area contributed by atoms with Crippen molar-refractivity contribution in [2.75, 3.05) is 6.54 Å². The van der Waals surface area contributed by atoms with Gasteiger partial charge in [-0.25, -0.2) is 8.42 Å². The number of alkyl halides is 1. The number of nitrogens with zero attached hydrogens (tertiary/aromatic N) is 1. The van der Waals surface area contributed by atoms with Gasteiger partial charge < -0.3 is 0 Å². The minimum absolute atomic E-state index is 0.0715. The van der Waals surface area contributed by atoms with Gasteiger partial charge in [0, 0.05) is 18.5 Å².